The number of rotatable bonds is 2. The number of amides is 4. The maximum absolute atomic E-state index is 12.9. The molecule has 1 aromatic carbocycles. The van der Waals surface area contributed by atoms with Crippen LogP contribution in [-0.2, 0) is 16.1 Å². The molecule has 3 heterocycles. The Morgan fingerprint density at radius 2 is 2.00 bits per heavy atom. The average molecular weight is 369 g/mol. The van der Waals surface area contributed by atoms with Crippen molar-refractivity contribution < 1.29 is 24.3 Å². The number of hydrogen-bond donors (Lipinski definition) is 2. The topological polar surface area (TPSA) is 107 Å². The minimum Gasteiger partial charge on any atom is -0.465 e. The molecule has 0 aromatic heterocycles. The molecule has 0 aliphatic carbocycles. The molecule has 3 aliphatic rings. The van der Waals surface area contributed by atoms with Crippen LogP contribution >= 0.6 is 0 Å². The molecule has 1 fully saturated rings. The van der Waals surface area contributed by atoms with Crippen LogP contribution in [0.4, 0.5) is 4.79 Å². The Hall–Kier alpha value is -3.16. The maximum Gasteiger partial charge on any atom is 0.407 e. The van der Waals surface area contributed by atoms with Gasteiger partial charge in [0.2, 0.25) is 11.8 Å². The fourth-order valence-electron chi connectivity index (χ4n) is 3.86. The number of carbonyl (C=O) groups excluding carboxylic acids is 3. The molecule has 1 atom stereocenters. The highest BCUT2D eigenvalue weighted by atomic mass is 16.4. The van der Waals surface area contributed by atoms with E-state index in [2.05, 4.69) is 5.32 Å². The van der Waals surface area contributed by atoms with Gasteiger partial charge in [0.05, 0.1) is 0 Å². The molecule has 1 saturated heterocycles. The van der Waals surface area contributed by atoms with Crippen LogP contribution in [0.5, 0.6) is 0 Å². The summed E-state index contributed by atoms with van der Waals surface area (Å²) in [6, 6.07) is 5.02. The Labute approximate surface area is 155 Å². The Balaban J connectivity index is 1.54. The molecule has 3 aliphatic heterocycles. The summed E-state index contributed by atoms with van der Waals surface area (Å²) in [7, 11) is 0. The van der Waals surface area contributed by atoms with E-state index in [-0.39, 0.29) is 18.2 Å². The van der Waals surface area contributed by atoms with Gasteiger partial charge in [0, 0.05) is 31.6 Å². The summed E-state index contributed by atoms with van der Waals surface area (Å²) in [5.41, 5.74) is 3.34. The third kappa shape index (κ3) is 3.07. The highest BCUT2D eigenvalue weighted by molar-refractivity contribution is 6.05. The van der Waals surface area contributed by atoms with Crippen molar-refractivity contribution in [2.24, 2.45) is 0 Å². The number of imide groups is 1. The first kappa shape index (κ1) is 17.3. The summed E-state index contributed by atoms with van der Waals surface area (Å²) in [6.45, 7) is 1.11. The van der Waals surface area contributed by atoms with E-state index in [0.717, 1.165) is 16.7 Å². The maximum atomic E-state index is 12.9. The highest BCUT2D eigenvalue weighted by Crippen LogP contribution is 2.31. The largest absolute Gasteiger partial charge is 0.465 e. The smallest absolute Gasteiger partial charge is 0.407 e. The van der Waals surface area contributed by atoms with Crippen LogP contribution in [0.15, 0.2) is 24.3 Å². The first-order chi connectivity index (χ1) is 12.9. The average Bonchev–Trinajstić information content (AvgIpc) is 2.98. The van der Waals surface area contributed by atoms with Crippen molar-refractivity contribution in [1.29, 1.82) is 0 Å². The van der Waals surface area contributed by atoms with Gasteiger partial charge >= 0.3 is 6.09 Å². The van der Waals surface area contributed by atoms with Gasteiger partial charge in [0.15, 0.2) is 0 Å². The lowest BCUT2D eigenvalue weighted by atomic mass is 9.96. The number of piperidine rings is 1. The number of carboxylic acid groups (broad SMARTS) is 1. The molecule has 27 heavy (non-hydrogen) atoms. The molecule has 0 saturated carbocycles. The van der Waals surface area contributed by atoms with E-state index in [9.17, 15) is 19.2 Å². The van der Waals surface area contributed by atoms with Crippen molar-refractivity contribution in [3.05, 3.63) is 41.0 Å². The van der Waals surface area contributed by atoms with Crippen molar-refractivity contribution in [1.82, 2.24) is 15.1 Å². The first-order valence-electron chi connectivity index (χ1n) is 8.89. The van der Waals surface area contributed by atoms with Crippen molar-refractivity contribution in [3.63, 3.8) is 0 Å². The molecular formula is C19H19N3O5. The summed E-state index contributed by atoms with van der Waals surface area (Å²) in [4.78, 5) is 50.2. The zero-order chi connectivity index (χ0) is 19.1. The summed E-state index contributed by atoms with van der Waals surface area (Å²) in [5.74, 6) is -0.927. The molecule has 8 nitrogen and oxygen atoms in total. The molecule has 0 radical (unpaired) electrons. The van der Waals surface area contributed by atoms with Crippen molar-refractivity contribution in [2.45, 2.75) is 31.8 Å². The van der Waals surface area contributed by atoms with Gasteiger partial charge in [-0.15, -0.1) is 0 Å². The third-order valence-corrected chi connectivity index (χ3v) is 5.38. The Morgan fingerprint density at radius 1 is 1.19 bits per heavy atom. The molecular weight excluding hydrogens is 350 g/mol. The van der Waals surface area contributed by atoms with Gasteiger partial charge in [0.25, 0.3) is 5.91 Å². The second-order valence-electron chi connectivity index (χ2n) is 6.98. The molecule has 1 aromatic rings. The quantitative estimate of drug-likeness (QED) is 0.762. The van der Waals surface area contributed by atoms with E-state index in [0.29, 0.717) is 38.0 Å². The van der Waals surface area contributed by atoms with Gasteiger partial charge in [0.1, 0.15) is 6.04 Å². The molecule has 8 heteroatoms. The first-order valence-corrected chi connectivity index (χ1v) is 8.89. The summed E-state index contributed by atoms with van der Waals surface area (Å²) in [5, 5.41) is 11.3. The van der Waals surface area contributed by atoms with Gasteiger partial charge in [-0.1, -0.05) is 18.2 Å². The van der Waals surface area contributed by atoms with Crippen molar-refractivity contribution in [2.75, 3.05) is 13.1 Å². The minimum atomic E-state index is -0.936. The minimum absolute atomic E-state index is 0.204. The Morgan fingerprint density at radius 3 is 2.67 bits per heavy atom. The summed E-state index contributed by atoms with van der Waals surface area (Å²) < 4.78 is 0. The SMILES string of the molecule is O=C1CC[C@H](N2Cc3ccc(C4=CCN(C(=O)O)CC4)cc3C2=O)C(=O)N1. The van der Waals surface area contributed by atoms with Crippen LogP contribution in [0.25, 0.3) is 5.57 Å². The van der Waals surface area contributed by atoms with Crippen LogP contribution in [-0.4, -0.2) is 57.9 Å². The lowest BCUT2D eigenvalue weighted by Crippen LogP contribution is -2.52. The Bertz CT molecular complexity index is 891. The molecule has 0 spiro atoms. The molecule has 0 bridgehead atoms. The van der Waals surface area contributed by atoms with E-state index >= 15 is 0 Å². The van der Waals surface area contributed by atoms with Crippen LogP contribution in [0.3, 0.4) is 0 Å². The van der Waals surface area contributed by atoms with Gasteiger partial charge < -0.3 is 14.9 Å². The summed E-state index contributed by atoms with van der Waals surface area (Å²) >= 11 is 0. The Kier molecular flexibility index (Phi) is 4.18. The second kappa shape index (κ2) is 6.53. The second-order valence-corrected chi connectivity index (χ2v) is 6.98. The lowest BCUT2D eigenvalue weighted by molar-refractivity contribution is -0.136. The van der Waals surface area contributed by atoms with Crippen molar-refractivity contribution >= 4 is 29.4 Å². The van der Waals surface area contributed by atoms with Gasteiger partial charge in [-0.05, 0) is 35.6 Å². The molecule has 4 rings (SSSR count). The molecule has 4 amide bonds. The lowest BCUT2D eigenvalue weighted by Gasteiger charge is -2.29. The standard InChI is InChI=1S/C19H19N3O5/c23-16-4-3-15(17(24)20-16)22-10-13-2-1-12(9-14(13)18(22)25)11-5-7-21(8-6-11)19(26)27/h1-2,5,9,15H,3-4,6-8,10H2,(H,26,27)(H,20,23,24)/t15-/m0/s1. The van der Waals surface area contributed by atoms with Crippen LogP contribution in [0.2, 0.25) is 0 Å². The van der Waals surface area contributed by atoms with Gasteiger partial charge in [-0.25, -0.2) is 4.79 Å². The molecule has 2 N–H and O–H groups in total. The third-order valence-electron chi connectivity index (χ3n) is 5.38. The van der Waals surface area contributed by atoms with E-state index in [1.54, 1.807) is 0 Å². The van der Waals surface area contributed by atoms with Crippen molar-refractivity contribution in [3.8, 4) is 0 Å². The van der Waals surface area contributed by atoms with Gasteiger partial charge in [-0.2, -0.15) is 0 Å². The molecule has 140 valence electrons. The van der Waals surface area contributed by atoms with Crippen LogP contribution in [0.1, 0.15) is 40.7 Å². The number of fused-ring (bicyclic) bond motifs is 1. The zero-order valence-corrected chi connectivity index (χ0v) is 14.6. The normalized spacial score (nSPS) is 22.4. The number of carbonyl (C=O) groups is 4. The van der Waals surface area contributed by atoms with E-state index in [4.69, 9.17) is 5.11 Å². The monoisotopic (exact) mass is 369 g/mol. The molecule has 0 unspecified atom stereocenters. The van der Waals surface area contributed by atoms with E-state index < -0.39 is 18.0 Å². The van der Waals surface area contributed by atoms with Gasteiger partial charge in [-0.3, -0.25) is 19.7 Å². The fourth-order valence-corrected chi connectivity index (χ4v) is 3.86. The number of nitrogens with zero attached hydrogens (tertiary/aromatic N) is 2. The number of benzene rings is 1. The fraction of sp³-hybridized carbons (Fsp3) is 0.368. The summed E-state index contributed by atoms with van der Waals surface area (Å²) in [6.07, 6.45) is 2.10. The van der Waals surface area contributed by atoms with E-state index in [1.165, 1.54) is 9.80 Å². The predicted molar refractivity (Wildman–Crippen MR) is 94.7 cm³/mol. The zero-order valence-electron chi connectivity index (χ0n) is 14.6. The van der Waals surface area contributed by atoms with Crippen LogP contribution < -0.4 is 5.32 Å². The number of nitrogens with one attached hydrogen (secondary N) is 1. The van der Waals surface area contributed by atoms with Crippen LogP contribution in [0, 0.1) is 0 Å². The highest BCUT2D eigenvalue weighted by Gasteiger charge is 2.39. The van der Waals surface area contributed by atoms with E-state index in [1.807, 2.05) is 24.3 Å². The number of hydrogen-bond acceptors (Lipinski definition) is 4. The predicted octanol–water partition coefficient (Wildman–Crippen LogP) is 1.21.